The van der Waals surface area contributed by atoms with Crippen molar-refractivity contribution in [1.82, 2.24) is 5.32 Å². The molecule has 3 atom stereocenters. The molecule has 0 saturated heterocycles. The first-order valence-corrected chi connectivity index (χ1v) is 9.19. The minimum absolute atomic E-state index is 0.0570. The second kappa shape index (κ2) is 6.80. The van der Waals surface area contributed by atoms with Crippen molar-refractivity contribution in [3.63, 3.8) is 0 Å². The summed E-state index contributed by atoms with van der Waals surface area (Å²) in [7, 11) is 0. The van der Waals surface area contributed by atoms with Crippen LogP contribution in [-0.4, -0.2) is 5.91 Å². The summed E-state index contributed by atoms with van der Waals surface area (Å²) in [5, 5.41) is 3.30. The molecule has 0 heterocycles. The molecule has 0 aromatic heterocycles. The average Bonchev–Trinajstić information content (AvgIpc) is 3.24. The maximum Gasteiger partial charge on any atom is 0.221 e. The molecule has 1 amide bonds. The van der Waals surface area contributed by atoms with Gasteiger partial charge in [-0.15, -0.1) is 0 Å². The molecule has 24 heavy (non-hydrogen) atoms. The molecule has 0 aliphatic heterocycles. The minimum atomic E-state index is -0.0570. The van der Waals surface area contributed by atoms with Gasteiger partial charge in [-0.2, -0.15) is 0 Å². The summed E-state index contributed by atoms with van der Waals surface area (Å²) < 4.78 is 0. The summed E-state index contributed by atoms with van der Waals surface area (Å²) in [5.74, 6) is 2.50. The Kier molecular flexibility index (Phi) is 4.38. The van der Waals surface area contributed by atoms with Gasteiger partial charge >= 0.3 is 0 Å². The van der Waals surface area contributed by atoms with Crippen molar-refractivity contribution >= 4 is 5.91 Å². The van der Waals surface area contributed by atoms with Crippen molar-refractivity contribution in [2.24, 2.45) is 17.8 Å². The smallest absolute Gasteiger partial charge is 0.221 e. The number of carbonyl (C=O) groups excluding carboxylic acids is 1. The van der Waals surface area contributed by atoms with Crippen molar-refractivity contribution in [3.05, 3.63) is 71.8 Å². The number of nitrogens with one attached hydrogen (secondary N) is 1. The maximum absolute atomic E-state index is 12.7. The van der Waals surface area contributed by atoms with Crippen molar-refractivity contribution < 1.29 is 4.79 Å². The Labute approximate surface area is 144 Å². The van der Waals surface area contributed by atoms with E-state index in [1.54, 1.807) is 0 Å². The van der Waals surface area contributed by atoms with E-state index < -0.39 is 0 Å². The van der Waals surface area contributed by atoms with Gasteiger partial charge in [0.1, 0.15) is 0 Å². The highest BCUT2D eigenvalue weighted by Gasteiger charge is 2.40. The first-order chi connectivity index (χ1) is 11.8. The van der Waals surface area contributed by atoms with E-state index in [2.05, 4.69) is 29.6 Å². The van der Waals surface area contributed by atoms with Crippen LogP contribution in [0.2, 0.25) is 0 Å². The highest BCUT2D eigenvalue weighted by atomic mass is 16.1. The molecule has 2 fully saturated rings. The summed E-state index contributed by atoms with van der Waals surface area (Å²) in [6.07, 6.45) is 6.04. The Hall–Kier alpha value is -2.09. The molecule has 0 unspecified atom stereocenters. The number of hydrogen-bond donors (Lipinski definition) is 1. The van der Waals surface area contributed by atoms with E-state index in [-0.39, 0.29) is 11.9 Å². The fourth-order valence-corrected chi connectivity index (χ4v) is 4.73. The lowest BCUT2D eigenvalue weighted by Gasteiger charge is -2.24. The first kappa shape index (κ1) is 15.4. The van der Waals surface area contributed by atoms with Gasteiger partial charge in [0.15, 0.2) is 0 Å². The van der Waals surface area contributed by atoms with Gasteiger partial charge in [-0.3, -0.25) is 4.79 Å². The highest BCUT2D eigenvalue weighted by Crippen LogP contribution is 2.49. The lowest BCUT2D eigenvalue weighted by atomic mass is 9.86. The second-order valence-electron chi connectivity index (χ2n) is 7.46. The number of fused-ring (bicyclic) bond motifs is 2. The van der Waals surface area contributed by atoms with Gasteiger partial charge in [-0.1, -0.05) is 67.1 Å². The number of carbonyl (C=O) groups is 1. The van der Waals surface area contributed by atoms with E-state index in [9.17, 15) is 4.79 Å². The van der Waals surface area contributed by atoms with Crippen LogP contribution < -0.4 is 5.32 Å². The van der Waals surface area contributed by atoms with Gasteiger partial charge in [0, 0.05) is 6.42 Å². The molecule has 124 valence electrons. The third-order valence-electron chi connectivity index (χ3n) is 5.90. The molecular weight excluding hydrogens is 294 g/mol. The van der Waals surface area contributed by atoms with Crippen LogP contribution in [0, 0.1) is 17.8 Å². The first-order valence-electron chi connectivity index (χ1n) is 9.19. The zero-order chi connectivity index (χ0) is 16.4. The number of rotatable bonds is 5. The third kappa shape index (κ3) is 3.24. The largest absolute Gasteiger partial charge is 0.345 e. The summed E-state index contributed by atoms with van der Waals surface area (Å²) in [6, 6.07) is 20.5. The molecule has 2 bridgehead atoms. The van der Waals surface area contributed by atoms with Crippen molar-refractivity contribution in [3.8, 4) is 0 Å². The minimum Gasteiger partial charge on any atom is -0.345 e. The lowest BCUT2D eigenvalue weighted by molar-refractivity contribution is -0.122. The summed E-state index contributed by atoms with van der Waals surface area (Å²) in [4.78, 5) is 12.7. The molecular formula is C22H25NO. The fraction of sp³-hybridized carbons (Fsp3) is 0.409. The molecule has 2 nitrogen and oxygen atoms in total. The second-order valence-corrected chi connectivity index (χ2v) is 7.46. The number of benzene rings is 2. The van der Waals surface area contributed by atoms with Gasteiger partial charge in [-0.05, 0) is 48.1 Å². The summed E-state index contributed by atoms with van der Waals surface area (Å²) in [5.41, 5.74) is 2.29. The van der Waals surface area contributed by atoms with E-state index in [0.717, 1.165) is 23.0 Å². The van der Waals surface area contributed by atoms with E-state index >= 15 is 0 Å². The Bertz CT molecular complexity index is 642. The lowest BCUT2D eigenvalue weighted by Crippen LogP contribution is -2.31. The Morgan fingerprint density at radius 3 is 2.04 bits per heavy atom. The van der Waals surface area contributed by atoms with Gasteiger partial charge in [0.25, 0.3) is 0 Å². The molecule has 2 aliphatic rings. The van der Waals surface area contributed by atoms with E-state index in [1.165, 1.54) is 25.7 Å². The summed E-state index contributed by atoms with van der Waals surface area (Å²) >= 11 is 0. The molecule has 1 N–H and O–H groups in total. The maximum atomic E-state index is 12.7. The molecule has 2 heteroatoms. The Morgan fingerprint density at radius 1 is 0.917 bits per heavy atom. The molecule has 2 saturated carbocycles. The van der Waals surface area contributed by atoms with Crippen LogP contribution in [-0.2, 0) is 4.79 Å². The van der Waals surface area contributed by atoms with Crippen molar-refractivity contribution in [2.45, 2.75) is 38.1 Å². The van der Waals surface area contributed by atoms with Crippen LogP contribution in [0.15, 0.2) is 60.7 Å². The molecule has 2 aromatic carbocycles. The number of amides is 1. The standard InChI is InChI=1S/C22H25NO/c24-21(15-20-14-16-11-12-19(20)13-16)23-22(17-7-3-1-4-8-17)18-9-5-2-6-10-18/h1-10,16,19-20,22H,11-15H2,(H,23,24)/t16-,19-,20+/m0/s1. The fourth-order valence-electron chi connectivity index (χ4n) is 4.73. The van der Waals surface area contributed by atoms with Crippen LogP contribution in [0.1, 0.15) is 49.3 Å². The highest BCUT2D eigenvalue weighted by molar-refractivity contribution is 5.77. The van der Waals surface area contributed by atoms with E-state index in [4.69, 9.17) is 0 Å². The van der Waals surface area contributed by atoms with Gasteiger partial charge in [-0.25, -0.2) is 0 Å². The topological polar surface area (TPSA) is 29.1 Å². The third-order valence-corrected chi connectivity index (χ3v) is 5.90. The van der Waals surface area contributed by atoms with Crippen LogP contribution in [0.25, 0.3) is 0 Å². The van der Waals surface area contributed by atoms with Crippen molar-refractivity contribution in [2.75, 3.05) is 0 Å². The molecule has 4 rings (SSSR count). The van der Waals surface area contributed by atoms with Crippen LogP contribution in [0.4, 0.5) is 0 Å². The molecule has 0 radical (unpaired) electrons. The molecule has 0 spiro atoms. The quantitative estimate of drug-likeness (QED) is 0.849. The van der Waals surface area contributed by atoms with Crippen LogP contribution in [0.3, 0.4) is 0 Å². The zero-order valence-electron chi connectivity index (χ0n) is 14.0. The number of hydrogen-bond acceptors (Lipinski definition) is 1. The van der Waals surface area contributed by atoms with Crippen molar-refractivity contribution in [1.29, 1.82) is 0 Å². The van der Waals surface area contributed by atoms with Gasteiger partial charge < -0.3 is 5.32 Å². The predicted octanol–water partition coefficient (Wildman–Crippen LogP) is 4.72. The normalized spacial score (nSPS) is 25.1. The Balaban J connectivity index is 1.48. The monoisotopic (exact) mass is 319 g/mol. The SMILES string of the molecule is O=C(C[C@H]1C[C@H]2CC[C@H]1C2)NC(c1ccccc1)c1ccccc1. The predicted molar refractivity (Wildman–Crippen MR) is 96.4 cm³/mol. The summed E-state index contributed by atoms with van der Waals surface area (Å²) in [6.45, 7) is 0. The van der Waals surface area contributed by atoms with Crippen LogP contribution >= 0.6 is 0 Å². The Morgan fingerprint density at radius 2 is 1.54 bits per heavy atom. The van der Waals surface area contributed by atoms with E-state index in [1.807, 2.05) is 36.4 Å². The molecule has 2 aromatic rings. The molecule has 2 aliphatic carbocycles. The zero-order valence-corrected chi connectivity index (χ0v) is 14.0. The van der Waals surface area contributed by atoms with E-state index in [0.29, 0.717) is 12.3 Å². The van der Waals surface area contributed by atoms with Gasteiger partial charge in [0.05, 0.1) is 6.04 Å². The van der Waals surface area contributed by atoms with Gasteiger partial charge in [0.2, 0.25) is 5.91 Å². The van der Waals surface area contributed by atoms with Crippen LogP contribution in [0.5, 0.6) is 0 Å². The average molecular weight is 319 g/mol.